The van der Waals surface area contributed by atoms with E-state index in [9.17, 15) is 18.9 Å². The van der Waals surface area contributed by atoms with Crippen LogP contribution >= 0.6 is 11.6 Å². The molecule has 0 atom stereocenters. The molecule has 4 nitrogen and oxygen atoms in total. The van der Waals surface area contributed by atoms with Crippen molar-refractivity contribution < 1.29 is 13.7 Å². The van der Waals surface area contributed by atoms with E-state index in [1.54, 1.807) is 0 Å². The summed E-state index contributed by atoms with van der Waals surface area (Å²) in [4.78, 5) is 9.78. The van der Waals surface area contributed by atoms with Gasteiger partial charge in [-0.3, -0.25) is 10.1 Å². The number of nitro groups is 1. The summed E-state index contributed by atoms with van der Waals surface area (Å²) >= 11 is 5.67. The molecule has 2 N–H and O–H groups in total. The monoisotopic (exact) mass is 250 g/mol. The summed E-state index contributed by atoms with van der Waals surface area (Å²) in [5.74, 6) is -3.11. The zero-order valence-electron chi connectivity index (χ0n) is 8.12. The molecule has 1 aromatic rings. The highest BCUT2D eigenvalue weighted by Gasteiger charge is 2.28. The van der Waals surface area contributed by atoms with Gasteiger partial charge in [-0.15, -0.1) is 0 Å². The van der Waals surface area contributed by atoms with Crippen molar-refractivity contribution in [3.05, 3.63) is 38.9 Å². The summed E-state index contributed by atoms with van der Waals surface area (Å²) in [6.07, 6.45) is -0.704. The van der Waals surface area contributed by atoms with Crippen LogP contribution in [0.1, 0.15) is 5.56 Å². The van der Waals surface area contributed by atoms with Crippen LogP contribution in [-0.4, -0.2) is 17.4 Å². The van der Waals surface area contributed by atoms with Crippen molar-refractivity contribution in [1.82, 2.24) is 0 Å². The minimum absolute atomic E-state index is 0.0197. The molecule has 0 fully saturated rings. The Morgan fingerprint density at radius 1 is 1.50 bits per heavy atom. The zero-order valence-corrected chi connectivity index (χ0v) is 8.88. The van der Waals surface area contributed by atoms with Gasteiger partial charge in [0.05, 0.1) is 11.5 Å². The third-order valence-corrected chi connectivity index (χ3v) is 2.36. The van der Waals surface area contributed by atoms with Crippen LogP contribution < -0.4 is 5.73 Å². The van der Waals surface area contributed by atoms with Crippen LogP contribution in [0, 0.1) is 10.1 Å². The minimum atomic E-state index is -3.11. The Hall–Kier alpha value is -1.27. The molecule has 0 unspecified atom stereocenters. The van der Waals surface area contributed by atoms with Gasteiger partial charge in [0.2, 0.25) is 0 Å². The van der Waals surface area contributed by atoms with E-state index in [2.05, 4.69) is 0 Å². The first-order chi connectivity index (χ1) is 7.35. The Kier molecular flexibility index (Phi) is 3.77. The molecule has 7 heteroatoms. The van der Waals surface area contributed by atoms with Crippen molar-refractivity contribution in [2.45, 2.75) is 12.3 Å². The lowest BCUT2D eigenvalue weighted by molar-refractivity contribution is -0.384. The van der Waals surface area contributed by atoms with Gasteiger partial charge in [0, 0.05) is 23.6 Å². The maximum Gasteiger partial charge on any atom is 0.269 e. The molecule has 0 bridgehead atoms. The van der Waals surface area contributed by atoms with Gasteiger partial charge in [0.25, 0.3) is 11.6 Å². The van der Waals surface area contributed by atoms with Gasteiger partial charge in [0.15, 0.2) is 0 Å². The van der Waals surface area contributed by atoms with E-state index < -0.39 is 23.8 Å². The summed E-state index contributed by atoms with van der Waals surface area (Å²) in [5, 5.41) is 10.5. The average molecular weight is 251 g/mol. The van der Waals surface area contributed by atoms with Gasteiger partial charge in [-0.1, -0.05) is 11.6 Å². The van der Waals surface area contributed by atoms with Crippen molar-refractivity contribution in [3.8, 4) is 0 Å². The summed E-state index contributed by atoms with van der Waals surface area (Å²) in [6.45, 7) is -0.827. The molecule has 0 saturated heterocycles. The largest absolute Gasteiger partial charge is 0.325 e. The van der Waals surface area contributed by atoms with Gasteiger partial charge in [0.1, 0.15) is 0 Å². The number of hydrogen-bond donors (Lipinski definition) is 1. The van der Waals surface area contributed by atoms with Crippen LogP contribution in [0.15, 0.2) is 18.2 Å². The third-order valence-electron chi connectivity index (χ3n) is 1.99. The van der Waals surface area contributed by atoms with Crippen LogP contribution in [0.4, 0.5) is 14.5 Å². The number of nitrogens with two attached hydrogens (primary N) is 1. The van der Waals surface area contributed by atoms with Crippen LogP contribution in [0.25, 0.3) is 0 Å². The van der Waals surface area contributed by atoms with Crippen LogP contribution in [0.5, 0.6) is 0 Å². The smallest absolute Gasteiger partial charge is 0.269 e. The average Bonchev–Trinajstić information content (AvgIpc) is 2.21. The predicted octanol–water partition coefficient (Wildman–Crippen LogP) is 2.38. The highest BCUT2D eigenvalue weighted by atomic mass is 35.5. The van der Waals surface area contributed by atoms with E-state index in [0.29, 0.717) is 0 Å². The Morgan fingerprint density at radius 2 is 2.12 bits per heavy atom. The van der Waals surface area contributed by atoms with Crippen molar-refractivity contribution in [1.29, 1.82) is 0 Å². The summed E-state index contributed by atoms with van der Waals surface area (Å²) in [7, 11) is 0. The number of halogens is 3. The van der Waals surface area contributed by atoms with Crippen LogP contribution in [0.3, 0.4) is 0 Å². The molecular weight excluding hydrogens is 242 g/mol. The van der Waals surface area contributed by atoms with Gasteiger partial charge in [-0.2, -0.15) is 0 Å². The van der Waals surface area contributed by atoms with Crippen molar-refractivity contribution in [2.75, 3.05) is 6.54 Å². The number of nitrogens with zero attached hydrogens (tertiary/aromatic N) is 1. The lowest BCUT2D eigenvalue weighted by atomic mass is 10.1. The van der Waals surface area contributed by atoms with Crippen molar-refractivity contribution in [2.24, 2.45) is 5.73 Å². The SMILES string of the molecule is NCC(F)(F)Cc1cc([N+](=O)[O-])ccc1Cl. The second-order valence-corrected chi connectivity index (χ2v) is 3.68. The molecule has 16 heavy (non-hydrogen) atoms. The molecule has 88 valence electrons. The lowest BCUT2D eigenvalue weighted by Gasteiger charge is -2.14. The predicted molar refractivity (Wildman–Crippen MR) is 55.8 cm³/mol. The molecule has 0 aliphatic heterocycles. The molecule has 0 aliphatic rings. The van der Waals surface area contributed by atoms with Crippen molar-refractivity contribution in [3.63, 3.8) is 0 Å². The van der Waals surface area contributed by atoms with Crippen LogP contribution in [0.2, 0.25) is 5.02 Å². The Bertz CT molecular complexity index is 412. The third kappa shape index (κ3) is 3.11. The number of non-ortho nitro benzene ring substituents is 1. The van der Waals surface area contributed by atoms with E-state index in [-0.39, 0.29) is 16.3 Å². The fourth-order valence-corrected chi connectivity index (χ4v) is 1.35. The normalized spacial score (nSPS) is 11.5. The maximum absolute atomic E-state index is 13.0. The molecule has 0 saturated carbocycles. The van der Waals surface area contributed by atoms with Crippen LogP contribution in [-0.2, 0) is 6.42 Å². The number of alkyl halides is 2. The fourth-order valence-electron chi connectivity index (χ4n) is 1.16. The molecule has 1 rings (SSSR count). The first kappa shape index (κ1) is 12.8. The molecule has 0 radical (unpaired) electrons. The van der Waals surface area contributed by atoms with Gasteiger partial charge in [-0.25, -0.2) is 8.78 Å². The number of rotatable bonds is 4. The zero-order chi connectivity index (χ0) is 12.3. The quantitative estimate of drug-likeness (QED) is 0.659. The Balaban J connectivity index is 3.03. The Labute approximate surface area is 95.2 Å². The molecule has 0 aliphatic carbocycles. The highest BCUT2D eigenvalue weighted by molar-refractivity contribution is 6.31. The first-order valence-corrected chi connectivity index (χ1v) is 4.74. The summed E-state index contributed by atoms with van der Waals surface area (Å²) in [5.41, 5.74) is 4.62. The van der Waals surface area contributed by atoms with E-state index in [1.807, 2.05) is 0 Å². The van der Waals surface area contributed by atoms with Crippen molar-refractivity contribution >= 4 is 17.3 Å². The Morgan fingerprint density at radius 3 is 2.62 bits per heavy atom. The molecule has 1 aromatic carbocycles. The van der Waals surface area contributed by atoms with Gasteiger partial charge < -0.3 is 5.73 Å². The second-order valence-electron chi connectivity index (χ2n) is 3.27. The topological polar surface area (TPSA) is 69.2 Å². The number of hydrogen-bond acceptors (Lipinski definition) is 3. The standard InChI is InChI=1S/C9H9ClF2N2O2/c10-8-2-1-7(14(15)16)3-6(8)4-9(11,12)5-13/h1-3H,4-5,13H2. The summed E-state index contributed by atoms with van der Waals surface area (Å²) in [6, 6.07) is 3.42. The minimum Gasteiger partial charge on any atom is -0.325 e. The number of nitro benzene ring substituents is 1. The second kappa shape index (κ2) is 4.71. The molecule has 0 aromatic heterocycles. The number of benzene rings is 1. The van der Waals surface area contributed by atoms with Gasteiger partial charge >= 0.3 is 0 Å². The highest BCUT2D eigenvalue weighted by Crippen LogP contribution is 2.27. The van der Waals surface area contributed by atoms with E-state index >= 15 is 0 Å². The lowest BCUT2D eigenvalue weighted by Crippen LogP contribution is -2.30. The van der Waals surface area contributed by atoms with E-state index in [0.717, 1.165) is 12.1 Å². The molecular formula is C9H9ClF2N2O2. The maximum atomic E-state index is 13.0. The molecule has 0 heterocycles. The fraction of sp³-hybridized carbons (Fsp3) is 0.333. The van der Waals surface area contributed by atoms with E-state index in [4.69, 9.17) is 17.3 Å². The molecule has 0 amide bonds. The van der Waals surface area contributed by atoms with E-state index in [1.165, 1.54) is 6.07 Å². The molecule has 0 spiro atoms. The van der Waals surface area contributed by atoms with Gasteiger partial charge in [-0.05, 0) is 11.6 Å². The first-order valence-electron chi connectivity index (χ1n) is 4.36. The summed E-state index contributed by atoms with van der Waals surface area (Å²) < 4.78 is 26.0.